The van der Waals surface area contributed by atoms with Crippen LogP contribution in [0.15, 0.2) is 30.3 Å². The van der Waals surface area contributed by atoms with Crippen molar-refractivity contribution < 1.29 is 57.8 Å². The van der Waals surface area contributed by atoms with Crippen LogP contribution in [0.3, 0.4) is 0 Å². The highest BCUT2D eigenvalue weighted by molar-refractivity contribution is 6.24. The van der Waals surface area contributed by atoms with Crippen molar-refractivity contribution in [2.24, 2.45) is 29.0 Å². The van der Waals surface area contributed by atoms with E-state index in [4.69, 9.17) is 17.2 Å². The molecule has 336 valence electrons. The summed E-state index contributed by atoms with van der Waals surface area (Å²) < 4.78 is 0. The summed E-state index contributed by atoms with van der Waals surface area (Å²) in [5, 5.41) is 23.9. The van der Waals surface area contributed by atoms with Gasteiger partial charge in [0.1, 0.15) is 42.3 Å². The molecule has 1 heterocycles. The molecule has 1 aromatic carbocycles. The molecule has 1 aromatic rings. The molecule has 0 saturated carbocycles. The molecule has 22 heteroatoms. The minimum absolute atomic E-state index is 0.0835. The number of nitrogens with two attached hydrogens (primary N) is 3. The Kier molecular flexibility index (Phi) is 20.4. The lowest BCUT2D eigenvalue weighted by Crippen LogP contribution is -2.61. The molecule has 61 heavy (non-hydrogen) atoms. The molecule has 2 rings (SSSR count). The fraction of sp³-hybridized carbons (Fsp3) is 0.564. The van der Waals surface area contributed by atoms with Gasteiger partial charge in [-0.1, -0.05) is 64.4 Å². The van der Waals surface area contributed by atoms with Crippen LogP contribution >= 0.6 is 0 Å². The van der Waals surface area contributed by atoms with E-state index < -0.39 is 133 Å². The predicted molar refractivity (Wildman–Crippen MR) is 215 cm³/mol. The minimum Gasteiger partial charge on any atom is -0.394 e. The highest BCUT2D eigenvalue weighted by Crippen LogP contribution is 2.21. The molecule has 0 bridgehead atoms. The van der Waals surface area contributed by atoms with Gasteiger partial charge in [-0.25, -0.2) is 0 Å². The molecule has 1 aliphatic heterocycles. The van der Waals surface area contributed by atoms with Gasteiger partial charge in [-0.15, -0.1) is 0 Å². The molecule has 22 nitrogen and oxygen atoms in total. The van der Waals surface area contributed by atoms with Gasteiger partial charge in [0.15, 0.2) is 0 Å². The van der Waals surface area contributed by atoms with Crippen molar-refractivity contribution in [2.45, 2.75) is 115 Å². The van der Waals surface area contributed by atoms with Gasteiger partial charge >= 0.3 is 0 Å². The number of hydrogen-bond acceptors (Lipinski definition) is 12. The zero-order valence-electron chi connectivity index (χ0n) is 34.6. The number of likely N-dealkylation sites (tertiary alicyclic amines) is 1. The van der Waals surface area contributed by atoms with Crippen LogP contribution in [0.1, 0.15) is 71.8 Å². The topological polar surface area (TPSA) is 361 Å². The van der Waals surface area contributed by atoms with Crippen molar-refractivity contribution in [3.63, 3.8) is 0 Å². The van der Waals surface area contributed by atoms with Crippen molar-refractivity contribution in [1.82, 2.24) is 36.8 Å². The van der Waals surface area contributed by atoms with E-state index in [0.29, 0.717) is 18.4 Å². The number of nitrogens with zero attached hydrogens (tertiary/aromatic N) is 1. The lowest BCUT2D eigenvalue weighted by atomic mass is 9.96. The maximum Gasteiger partial charge on any atom is 0.284 e. The number of benzene rings is 1. The average molecular weight is 859 g/mol. The van der Waals surface area contributed by atoms with E-state index >= 15 is 0 Å². The predicted octanol–water partition coefficient (Wildman–Crippen LogP) is -4.35. The molecule has 8 atom stereocenters. The first-order chi connectivity index (χ1) is 28.7. The number of aliphatic hydroxyl groups is 1. The summed E-state index contributed by atoms with van der Waals surface area (Å²) in [5.74, 6) is -10.1. The number of carbonyl (C=O) groups is 11. The number of amides is 10. The number of hydrogen-bond donors (Lipinski definition) is 10. The van der Waals surface area contributed by atoms with Gasteiger partial charge in [0, 0.05) is 19.4 Å². The van der Waals surface area contributed by atoms with Crippen molar-refractivity contribution >= 4 is 65.4 Å². The summed E-state index contributed by atoms with van der Waals surface area (Å²) >= 11 is 0. The van der Waals surface area contributed by atoms with Gasteiger partial charge < -0.3 is 59.1 Å². The molecule has 1 fully saturated rings. The smallest absolute Gasteiger partial charge is 0.284 e. The normalized spacial score (nSPS) is 16.9. The van der Waals surface area contributed by atoms with E-state index in [0.717, 1.165) is 0 Å². The highest BCUT2D eigenvalue weighted by Gasteiger charge is 2.41. The first kappa shape index (κ1) is 50.7. The summed E-state index contributed by atoms with van der Waals surface area (Å²) in [6.45, 7) is 6.03. The fourth-order valence-corrected chi connectivity index (χ4v) is 6.50. The lowest BCUT2D eigenvalue weighted by Gasteiger charge is -2.32. The van der Waals surface area contributed by atoms with Gasteiger partial charge in [0.2, 0.25) is 59.5 Å². The molecular formula is C39H58N10O12. The first-order valence-corrected chi connectivity index (χ1v) is 19.8. The Morgan fingerprint density at radius 1 is 0.754 bits per heavy atom. The largest absolute Gasteiger partial charge is 0.394 e. The summed E-state index contributed by atoms with van der Waals surface area (Å²) in [4.78, 5) is 141. The maximum absolute atomic E-state index is 14.4. The third-order valence-corrected chi connectivity index (χ3v) is 10.1. The number of carbonyl (C=O) groups excluding carboxylic acids is 11. The minimum atomic E-state index is -1.77. The molecule has 10 amide bonds. The second kappa shape index (κ2) is 24.6. The SMILES string of the molecule is CC[C@H](C)[C@H](NC(=O)[C@@H]1CCCN1C(=O)[C@H](Cc1ccccc1)NC(=O)[C@H](CC(N)=O)NC(=O)[C@H](CCC(N)=O)NC(=O)[C@H](CO)NC(=O)C=O)C(=O)N[C@H](C(N)=O)C(C)C. The van der Waals surface area contributed by atoms with Gasteiger partial charge in [-0.2, -0.15) is 0 Å². The Bertz CT molecular complexity index is 1780. The molecular weight excluding hydrogens is 800 g/mol. The third-order valence-electron chi connectivity index (χ3n) is 10.1. The number of primary amides is 3. The van der Waals surface area contributed by atoms with Gasteiger partial charge in [-0.05, 0) is 36.7 Å². The number of rotatable bonds is 25. The monoisotopic (exact) mass is 858 g/mol. The van der Waals surface area contributed by atoms with E-state index in [-0.39, 0.29) is 31.6 Å². The number of nitrogens with one attached hydrogen (secondary N) is 6. The molecule has 1 saturated heterocycles. The quantitative estimate of drug-likeness (QED) is 0.0330. The van der Waals surface area contributed by atoms with Crippen molar-refractivity contribution in [3.05, 3.63) is 35.9 Å². The Hall–Kier alpha value is -6.45. The second-order valence-electron chi connectivity index (χ2n) is 15.1. The molecule has 0 spiro atoms. The van der Waals surface area contributed by atoms with Crippen LogP contribution in [0, 0.1) is 11.8 Å². The molecule has 13 N–H and O–H groups in total. The summed E-state index contributed by atoms with van der Waals surface area (Å²) in [6.07, 6.45) is -0.973. The molecule has 0 aromatic heterocycles. The first-order valence-electron chi connectivity index (χ1n) is 19.8. The number of aldehydes is 1. The van der Waals surface area contributed by atoms with E-state index in [1.165, 1.54) is 4.90 Å². The maximum atomic E-state index is 14.4. The molecule has 0 unspecified atom stereocenters. The molecule has 0 radical (unpaired) electrons. The molecule has 0 aliphatic carbocycles. The summed E-state index contributed by atoms with van der Waals surface area (Å²) in [5.41, 5.74) is 16.7. The Labute approximate surface area is 352 Å². The van der Waals surface area contributed by atoms with Crippen LogP contribution in [0.2, 0.25) is 0 Å². The van der Waals surface area contributed by atoms with E-state index in [1.807, 2.05) is 12.2 Å². The summed E-state index contributed by atoms with van der Waals surface area (Å²) in [6, 6.07) is -1.26. The highest BCUT2D eigenvalue weighted by atomic mass is 16.3. The average Bonchev–Trinajstić information content (AvgIpc) is 3.71. The van der Waals surface area contributed by atoms with Crippen LogP contribution in [0.4, 0.5) is 0 Å². The standard InChI is InChI=1S/C39H58N10O12/c1-5-21(4)32(38(60)47-31(20(2)3)33(42)55)48-37(59)27-12-9-15-49(27)39(61)25(16-22-10-7-6-8-11-22)46-35(57)24(17-29(41)53)45-34(56)23(13-14-28(40)52)44-36(58)26(18-50)43-30(54)19-51/h6-8,10-11,19-21,23-27,31-32,50H,5,9,12-18H2,1-4H3,(H2,40,52)(H2,41,53)(H2,42,55)(H,43,54)(H,44,58)(H,45,56)(H,46,57)(H,47,60)(H,48,59)/t21-,23-,24-,25-,26-,27-,31-,32-/m0/s1. The van der Waals surface area contributed by atoms with Crippen LogP contribution in [-0.4, -0.2) is 131 Å². The summed E-state index contributed by atoms with van der Waals surface area (Å²) in [7, 11) is 0. The van der Waals surface area contributed by atoms with E-state index in [2.05, 4.69) is 26.6 Å². The second-order valence-corrected chi connectivity index (χ2v) is 15.1. The van der Waals surface area contributed by atoms with Crippen LogP contribution in [0.25, 0.3) is 0 Å². The van der Waals surface area contributed by atoms with Crippen LogP contribution < -0.4 is 49.1 Å². The molecule has 1 aliphatic rings. The van der Waals surface area contributed by atoms with Crippen LogP contribution in [-0.2, 0) is 59.2 Å². The van der Waals surface area contributed by atoms with E-state index in [1.54, 1.807) is 51.1 Å². The number of aliphatic hydroxyl groups excluding tert-OH is 1. The van der Waals surface area contributed by atoms with Gasteiger partial charge in [0.25, 0.3) is 5.91 Å². The van der Waals surface area contributed by atoms with Gasteiger partial charge in [0.05, 0.1) is 13.0 Å². The zero-order valence-corrected chi connectivity index (χ0v) is 34.6. The van der Waals surface area contributed by atoms with Crippen LogP contribution in [0.5, 0.6) is 0 Å². The van der Waals surface area contributed by atoms with Crippen molar-refractivity contribution in [2.75, 3.05) is 13.2 Å². The Morgan fingerprint density at radius 2 is 1.34 bits per heavy atom. The Balaban J connectivity index is 2.42. The van der Waals surface area contributed by atoms with E-state index in [9.17, 15) is 57.8 Å². The lowest BCUT2D eigenvalue weighted by molar-refractivity contribution is -0.143. The Morgan fingerprint density at radius 3 is 1.89 bits per heavy atom. The fourth-order valence-electron chi connectivity index (χ4n) is 6.50. The van der Waals surface area contributed by atoms with Crippen molar-refractivity contribution in [1.29, 1.82) is 0 Å². The zero-order chi connectivity index (χ0) is 46.0. The third kappa shape index (κ3) is 15.9. The van der Waals surface area contributed by atoms with Crippen molar-refractivity contribution in [3.8, 4) is 0 Å². The van der Waals surface area contributed by atoms with Gasteiger partial charge in [-0.3, -0.25) is 52.7 Å².